The van der Waals surface area contributed by atoms with Crippen LogP contribution in [-0.2, 0) is 4.79 Å². The molecule has 0 radical (unpaired) electrons. The molecule has 1 N–H and O–H groups in total. The van der Waals surface area contributed by atoms with Crippen LogP contribution in [0.15, 0.2) is 24.3 Å². The highest BCUT2D eigenvalue weighted by Crippen LogP contribution is 2.32. The van der Waals surface area contributed by atoms with Gasteiger partial charge in [0.2, 0.25) is 5.91 Å². The van der Waals surface area contributed by atoms with Crippen LogP contribution in [0.25, 0.3) is 0 Å². The number of hydrogen-bond donors (Lipinski definition) is 1. The molecule has 2 saturated heterocycles. The zero-order valence-corrected chi connectivity index (χ0v) is 15.2. The van der Waals surface area contributed by atoms with Gasteiger partial charge in [-0.15, -0.1) is 0 Å². The van der Waals surface area contributed by atoms with Crippen LogP contribution in [0.4, 0.5) is 0 Å². The molecule has 140 valence electrons. The number of piperidine rings is 2. The van der Waals surface area contributed by atoms with Crippen molar-refractivity contribution in [1.82, 2.24) is 15.1 Å². The van der Waals surface area contributed by atoms with Gasteiger partial charge in [-0.1, -0.05) is 12.1 Å². The van der Waals surface area contributed by atoms with Gasteiger partial charge < -0.3 is 15.0 Å². The Morgan fingerprint density at radius 2 is 1.92 bits per heavy atom. The quantitative estimate of drug-likeness (QED) is 0.874. The number of nitrogens with zero attached hydrogens (tertiary/aromatic N) is 2. The first-order chi connectivity index (χ1) is 12.7. The standard InChI is InChI=1S/C20H27N3O3/c24-18(23-11-4-1-5-12-23)13-22-10-6-9-20(15-22)14-21-19(25)16-7-2-3-8-17(16)26-20/h2-3,7-8H,1,4-6,9-15H2,(H,21,25)/t20-/m0/s1. The number of carbonyl (C=O) groups is 2. The molecule has 6 nitrogen and oxygen atoms in total. The first-order valence-corrected chi connectivity index (χ1v) is 9.72. The number of amides is 2. The molecule has 0 unspecified atom stereocenters. The Morgan fingerprint density at radius 1 is 1.12 bits per heavy atom. The van der Waals surface area contributed by atoms with Crippen molar-refractivity contribution in [3.63, 3.8) is 0 Å². The van der Waals surface area contributed by atoms with Gasteiger partial charge in [0.15, 0.2) is 0 Å². The predicted molar refractivity (Wildman–Crippen MR) is 98.2 cm³/mol. The van der Waals surface area contributed by atoms with Gasteiger partial charge >= 0.3 is 0 Å². The molecular formula is C20H27N3O3. The highest BCUT2D eigenvalue weighted by atomic mass is 16.5. The molecule has 2 amide bonds. The van der Waals surface area contributed by atoms with Crippen LogP contribution >= 0.6 is 0 Å². The number of likely N-dealkylation sites (tertiary alicyclic amines) is 2. The Balaban J connectivity index is 1.46. The first-order valence-electron chi connectivity index (χ1n) is 9.72. The lowest BCUT2D eigenvalue weighted by atomic mass is 9.92. The van der Waals surface area contributed by atoms with Crippen LogP contribution in [0, 0.1) is 0 Å². The van der Waals surface area contributed by atoms with Gasteiger partial charge in [-0.2, -0.15) is 0 Å². The SMILES string of the molecule is O=C1NC[C@]2(CCCN(CC(=O)N3CCCCC3)C2)Oc2ccccc21. The summed E-state index contributed by atoms with van der Waals surface area (Å²) < 4.78 is 6.36. The molecule has 0 aromatic heterocycles. The molecular weight excluding hydrogens is 330 g/mol. The van der Waals surface area contributed by atoms with Gasteiger partial charge in [-0.3, -0.25) is 14.5 Å². The average Bonchev–Trinajstić information content (AvgIpc) is 2.80. The van der Waals surface area contributed by atoms with E-state index in [0.29, 0.717) is 30.9 Å². The van der Waals surface area contributed by atoms with Crippen molar-refractivity contribution in [2.24, 2.45) is 0 Å². The summed E-state index contributed by atoms with van der Waals surface area (Å²) in [5.41, 5.74) is 0.133. The first kappa shape index (κ1) is 17.3. The zero-order chi connectivity index (χ0) is 18.0. The Labute approximate surface area is 154 Å². The van der Waals surface area contributed by atoms with Crippen molar-refractivity contribution in [3.05, 3.63) is 29.8 Å². The second-order valence-corrected chi connectivity index (χ2v) is 7.72. The van der Waals surface area contributed by atoms with Gasteiger partial charge in [0, 0.05) is 19.6 Å². The van der Waals surface area contributed by atoms with Crippen molar-refractivity contribution < 1.29 is 14.3 Å². The molecule has 6 heteroatoms. The number of para-hydroxylation sites is 1. The summed E-state index contributed by atoms with van der Waals surface area (Å²) in [5, 5.41) is 3.01. The van der Waals surface area contributed by atoms with E-state index in [-0.39, 0.29) is 11.8 Å². The van der Waals surface area contributed by atoms with E-state index in [2.05, 4.69) is 10.2 Å². The van der Waals surface area contributed by atoms with Crippen molar-refractivity contribution >= 4 is 11.8 Å². The molecule has 0 saturated carbocycles. The summed E-state index contributed by atoms with van der Waals surface area (Å²) in [7, 11) is 0. The second-order valence-electron chi connectivity index (χ2n) is 7.72. The average molecular weight is 357 g/mol. The van der Waals surface area contributed by atoms with Gasteiger partial charge in [-0.25, -0.2) is 0 Å². The molecule has 2 fully saturated rings. The molecule has 3 aliphatic heterocycles. The summed E-state index contributed by atoms with van der Waals surface area (Å²) in [6.45, 7) is 4.27. The van der Waals surface area contributed by atoms with E-state index in [1.54, 1.807) is 6.07 Å². The van der Waals surface area contributed by atoms with Crippen LogP contribution in [0.2, 0.25) is 0 Å². The van der Waals surface area contributed by atoms with Crippen LogP contribution < -0.4 is 10.1 Å². The van der Waals surface area contributed by atoms with E-state index in [0.717, 1.165) is 45.3 Å². The van der Waals surface area contributed by atoms with Gasteiger partial charge in [0.1, 0.15) is 11.4 Å². The minimum Gasteiger partial charge on any atom is -0.483 e. The maximum Gasteiger partial charge on any atom is 0.255 e. The largest absolute Gasteiger partial charge is 0.483 e. The normalized spacial score (nSPS) is 26.6. The lowest BCUT2D eigenvalue weighted by Gasteiger charge is -2.42. The number of hydrogen-bond acceptors (Lipinski definition) is 4. The maximum absolute atomic E-state index is 12.6. The van der Waals surface area contributed by atoms with E-state index in [1.807, 2.05) is 23.1 Å². The fourth-order valence-electron chi connectivity index (χ4n) is 4.34. The highest BCUT2D eigenvalue weighted by molar-refractivity contribution is 5.97. The van der Waals surface area contributed by atoms with E-state index in [1.165, 1.54) is 6.42 Å². The van der Waals surface area contributed by atoms with Crippen molar-refractivity contribution in [1.29, 1.82) is 0 Å². The van der Waals surface area contributed by atoms with Gasteiger partial charge in [-0.05, 0) is 50.8 Å². The van der Waals surface area contributed by atoms with Crippen LogP contribution in [0.3, 0.4) is 0 Å². The number of nitrogens with one attached hydrogen (secondary N) is 1. The minimum absolute atomic E-state index is 0.0843. The molecule has 1 aromatic rings. The molecule has 26 heavy (non-hydrogen) atoms. The minimum atomic E-state index is -0.456. The Morgan fingerprint density at radius 3 is 2.77 bits per heavy atom. The Kier molecular flexibility index (Phi) is 4.85. The van der Waals surface area contributed by atoms with E-state index >= 15 is 0 Å². The van der Waals surface area contributed by atoms with Crippen molar-refractivity contribution in [2.75, 3.05) is 39.3 Å². The molecule has 0 bridgehead atoms. The van der Waals surface area contributed by atoms with Gasteiger partial charge in [0.05, 0.1) is 18.7 Å². The third kappa shape index (κ3) is 3.56. The molecule has 0 aliphatic carbocycles. The van der Waals surface area contributed by atoms with Crippen LogP contribution in [0.5, 0.6) is 5.75 Å². The predicted octanol–water partition coefficient (Wildman–Crippen LogP) is 1.66. The van der Waals surface area contributed by atoms with Crippen LogP contribution in [0.1, 0.15) is 42.5 Å². The number of fused-ring (bicyclic) bond motifs is 1. The number of rotatable bonds is 2. The molecule has 3 heterocycles. The summed E-state index contributed by atoms with van der Waals surface area (Å²) in [6, 6.07) is 7.40. The Hall–Kier alpha value is -2.08. The number of carbonyl (C=O) groups excluding carboxylic acids is 2. The topological polar surface area (TPSA) is 61.9 Å². The number of ether oxygens (including phenoxy) is 1. The smallest absolute Gasteiger partial charge is 0.255 e. The van der Waals surface area contributed by atoms with Crippen molar-refractivity contribution in [3.8, 4) is 5.75 Å². The fourth-order valence-corrected chi connectivity index (χ4v) is 4.34. The molecule has 4 rings (SSSR count). The molecule has 1 spiro atoms. The van der Waals surface area contributed by atoms with E-state index in [9.17, 15) is 9.59 Å². The summed E-state index contributed by atoms with van der Waals surface area (Å²) in [6.07, 6.45) is 5.30. The lowest BCUT2D eigenvalue weighted by molar-refractivity contribution is -0.134. The second kappa shape index (κ2) is 7.27. The molecule has 3 aliphatic rings. The lowest BCUT2D eigenvalue weighted by Crippen LogP contribution is -2.58. The Bertz CT molecular complexity index is 687. The van der Waals surface area contributed by atoms with E-state index < -0.39 is 5.60 Å². The third-order valence-corrected chi connectivity index (χ3v) is 5.72. The fraction of sp³-hybridized carbons (Fsp3) is 0.600. The van der Waals surface area contributed by atoms with E-state index in [4.69, 9.17) is 4.74 Å². The molecule has 1 aromatic carbocycles. The maximum atomic E-state index is 12.6. The van der Waals surface area contributed by atoms with Crippen LogP contribution in [-0.4, -0.2) is 66.5 Å². The van der Waals surface area contributed by atoms with Crippen molar-refractivity contribution in [2.45, 2.75) is 37.7 Å². The summed E-state index contributed by atoms with van der Waals surface area (Å²) in [5.74, 6) is 0.783. The van der Waals surface area contributed by atoms with Gasteiger partial charge in [0.25, 0.3) is 5.91 Å². The third-order valence-electron chi connectivity index (χ3n) is 5.72. The zero-order valence-electron chi connectivity index (χ0n) is 15.2. The summed E-state index contributed by atoms with van der Waals surface area (Å²) in [4.78, 5) is 29.2. The number of benzene rings is 1. The monoisotopic (exact) mass is 357 g/mol. The molecule has 1 atom stereocenters. The highest BCUT2D eigenvalue weighted by Gasteiger charge is 2.41. The summed E-state index contributed by atoms with van der Waals surface area (Å²) >= 11 is 0.